The van der Waals surface area contributed by atoms with E-state index in [4.69, 9.17) is 14.5 Å². The highest BCUT2D eigenvalue weighted by molar-refractivity contribution is 7.90. The lowest BCUT2D eigenvalue weighted by Gasteiger charge is -2.32. The molecule has 268 valence electrons. The molecule has 1 saturated carbocycles. The van der Waals surface area contributed by atoms with E-state index < -0.39 is 54.7 Å². The quantitative estimate of drug-likeness (QED) is 0.0794. The number of benzene rings is 2. The smallest absolute Gasteiger partial charge is 0.414 e. The molecule has 3 aromatic rings. The van der Waals surface area contributed by atoms with Crippen LogP contribution < -0.4 is 4.72 Å². The van der Waals surface area contributed by atoms with Crippen LogP contribution in [0.25, 0.3) is 11.0 Å². The molecule has 1 aliphatic carbocycles. The Labute approximate surface area is 290 Å². The van der Waals surface area contributed by atoms with Crippen LogP contribution in [0.1, 0.15) is 91.6 Å². The van der Waals surface area contributed by atoms with Crippen molar-refractivity contribution in [3.05, 3.63) is 65.0 Å². The van der Waals surface area contributed by atoms with Gasteiger partial charge in [-0.1, -0.05) is 37.8 Å². The number of amides is 2. The van der Waals surface area contributed by atoms with Crippen LogP contribution in [0.5, 0.6) is 0 Å². The van der Waals surface area contributed by atoms with Crippen LogP contribution in [-0.2, 0) is 27.6 Å². The number of carbonyl (C=O) groups is 2. The maximum atomic E-state index is 13.6. The number of imidazole rings is 1. The van der Waals surface area contributed by atoms with E-state index in [2.05, 4.69) is 24.4 Å². The average Bonchev–Trinajstić information content (AvgIpc) is 3.73. The lowest BCUT2D eigenvalue weighted by Crippen LogP contribution is -2.47. The van der Waals surface area contributed by atoms with E-state index >= 15 is 0 Å². The molecule has 1 aliphatic heterocycles. The lowest BCUT2D eigenvalue weighted by atomic mass is 10.00. The molecule has 9 nitrogen and oxygen atoms in total. The number of alkyl halides is 3. The van der Waals surface area contributed by atoms with E-state index in [1.54, 1.807) is 49.6 Å². The van der Waals surface area contributed by atoms with Gasteiger partial charge in [-0.25, -0.2) is 4.98 Å². The second kappa shape index (κ2) is 14.1. The molecule has 5 rings (SSSR count). The fraction of sp³-hybridized carbons (Fsp3) is 0.571. The largest absolute Gasteiger partial charge is 0.598 e. The maximum absolute atomic E-state index is 13.6. The molecule has 0 radical (unpaired) electrons. The Morgan fingerprint density at radius 3 is 2.18 bits per heavy atom. The van der Waals surface area contributed by atoms with Gasteiger partial charge in [-0.3, -0.25) is 14.5 Å². The number of ether oxygens (including phenoxy) is 2. The summed E-state index contributed by atoms with van der Waals surface area (Å²) in [4.78, 5) is 33.4. The van der Waals surface area contributed by atoms with E-state index in [-0.39, 0.29) is 24.5 Å². The van der Waals surface area contributed by atoms with Crippen molar-refractivity contribution in [1.29, 1.82) is 0 Å². The fourth-order valence-corrected chi connectivity index (χ4v) is 7.53. The monoisotopic (exact) mass is 720 g/mol. The molecule has 2 heterocycles. The maximum Gasteiger partial charge on any atom is 0.414 e. The SMILES string of the molecule is C[C@@H](O[C@H](C)C(F)(F)F)[C@H](N[S@+]([O-])C(C)(C)C)c1nc2cc([C@@H](C3CC3)N3C(=O)c4ccccc4C3=O)ccc2n1COCC[Si](C)(C)C. The Hall–Kier alpha value is -2.75. The highest BCUT2D eigenvalue weighted by Gasteiger charge is 2.47. The summed E-state index contributed by atoms with van der Waals surface area (Å²) in [6.07, 6.45) is -6.06. The Morgan fingerprint density at radius 2 is 1.65 bits per heavy atom. The Kier molecular flexibility index (Phi) is 10.8. The van der Waals surface area contributed by atoms with Gasteiger partial charge in [0.25, 0.3) is 11.8 Å². The molecular weight excluding hydrogens is 674 g/mol. The number of nitrogens with one attached hydrogen (secondary N) is 1. The number of nitrogens with zero attached hydrogens (tertiary/aromatic N) is 3. The minimum atomic E-state index is -4.60. The van der Waals surface area contributed by atoms with Gasteiger partial charge in [-0.05, 0) is 89.3 Å². The molecule has 2 aromatic carbocycles. The van der Waals surface area contributed by atoms with Crippen molar-refractivity contribution in [3.8, 4) is 0 Å². The summed E-state index contributed by atoms with van der Waals surface area (Å²) < 4.78 is 70.1. The fourth-order valence-electron chi connectivity index (χ4n) is 5.89. The number of hydrogen-bond acceptors (Lipinski definition) is 7. The van der Waals surface area contributed by atoms with Gasteiger partial charge in [0.2, 0.25) is 0 Å². The predicted molar refractivity (Wildman–Crippen MR) is 186 cm³/mol. The van der Waals surface area contributed by atoms with Crippen molar-refractivity contribution in [2.75, 3.05) is 6.61 Å². The minimum Gasteiger partial charge on any atom is -0.598 e. The molecule has 0 unspecified atom stereocenters. The van der Waals surface area contributed by atoms with Crippen molar-refractivity contribution >= 4 is 42.3 Å². The van der Waals surface area contributed by atoms with Gasteiger partial charge >= 0.3 is 6.18 Å². The molecule has 14 heteroatoms. The first kappa shape index (κ1) is 37.5. The Balaban J connectivity index is 1.58. The van der Waals surface area contributed by atoms with Crippen molar-refractivity contribution < 1.29 is 36.8 Å². The summed E-state index contributed by atoms with van der Waals surface area (Å²) in [5.41, 5.74) is 2.65. The van der Waals surface area contributed by atoms with Crippen molar-refractivity contribution in [3.63, 3.8) is 0 Å². The number of aromatic nitrogens is 2. The summed E-state index contributed by atoms with van der Waals surface area (Å²) in [6, 6.07) is 11.7. The second-order valence-electron chi connectivity index (χ2n) is 15.3. The van der Waals surface area contributed by atoms with E-state index in [1.165, 1.54) is 11.8 Å². The van der Waals surface area contributed by atoms with Gasteiger partial charge in [-0.15, -0.1) is 4.72 Å². The number of imide groups is 1. The van der Waals surface area contributed by atoms with Crippen molar-refractivity contribution in [1.82, 2.24) is 19.2 Å². The van der Waals surface area contributed by atoms with E-state index in [0.29, 0.717) is 34.6 Å². The predicted octanol–water partition coefficient (Wildman–Crippen LogP) is 7.54. The molecule has 2 aliphatic rings. The summed E-state index contributed by atoms with van der Waals surface area (Å²) in [5.74, 6) is -0.271. The molecular formula is C35H47F3N4O5SSi. The molecule has 0 bridgehead atoms. The van der Waals surface area contributed by atoms with Gasteiger partial charge in [0, 0.05) is 26.0 Å². The molecule has 1 aromatic heterocycles. The summed E-state index contributed by atoms with van der Waals surface area (Å²) in [6.45, 7) is 15.0. The molecule has 1 N–H and O–H groups in total. The van der Waals surface area contributed by atoms with E-state index in [1.807, 2.05) is 18.2 Å². The zero-order valence-electron chi connectivity index (χ0n) is 29.4. The molecule has 49 heavy (non-hydrogen) atoms. The lowest BCUT2D eigenvalue weighted by molar-refractivity contribution is -0.227. The Morgan fingerprint density at radius 1 is 1.04 bits per heavy atom. The summed E-state index contributed by atoms with van der Waals surface area (Å²) in [7, 11) is -1.43. The second-order valence-corrected chi connectivity index (χ2v) is 22.9. The van der Waals surface area contributed by atoms with Gasteiger partial charge in [-0.2, -0.15) is 13.2 Å². The van der Waals surface area contributed by atoms with Gasteiger partial charge in [0.05, 0.1) is 34.3 Å². The molecule has 5 atom stereocenters. The van der Waals surface area contributed by atoms with Crippen LogP contribution >= 0.6 is 0 Å². The number of halogens is 3. The molecule has 2 amide bonds. The number of rotatable bonds is 14. The minimum absolute atomic E-state index is 0.0575. The Bertz CT molecular complexity index is 1650. The number of fused-ring (bicyclic) bond motifs is 2. The number of carbonyl (C=O) groups excluding carboxylic acids is 2. The van der Waals surface area contributed by atoms with Gasteiger partial charge < -0.3 is 18.6 Å². The van der Waals surface area contributed by atoms with Crippen molar-refractivity contribution in [2.45, 2.75) is 115 Å². The number of hydrogen-bond donors (Lipinski definition) is 1. The third-order valence-corrected chi connectivity index (χ3v) is 12.2. The first-order chi connectivity index (χ1) is 22.8. The molecule has 0 spiro atoms. The van der Waals surface area contributed by atoms with Crippen LogP contribution in [0.15, 0.2) is 42.5 Å². The third-order valence-electron chi connectivity index (χ3n) is 8.95. The van der Waals surface area contributed by atoms with Crippen LogP contribution in [0.4, 0.5) is 13.2 Å². The average molecular weight is 721 g/mol. The van der Waals surface area contributed by atoms with Crippen LogP contribution in [0.2, 0.25) is 25.7 Å². The molecule has 1 fully saturated rings. The summed E-state index contributed by atoms with van der Waals surface area (Å²) >= 11 is -1.69. The highest BCUT2D eigenvalue weighted by Crippen LogP contribution is 2.47. The van der Waals surface area contributed by atoms with Crippen LogP contribution in [0, 0.1) is 5.92 Å². The molecule has 0 saturated heterocycles. The standard InChI is InChI=1S/C35H47F3N4O5SSi/c1-21(47-22(2)35(36,37)38)29(40-48(45)34(3,4)5)31-39-27-19-24(15-16-28(27)41(31)20-46-17-18-49(6,7)8)30(23-13-14-23)42-32(43)25-11-9-10-12-26(25)33(42)44/h9-12,15-16,19,21-23,29-30,40H,13-14,17-18,20H2,1-8H3/t21-,22-,29+,30-,48-/m1/s1. The third kappa shape index (κ3) is 8.42. The zero-order chi connectivity index (χ0) is 36.1. The first-order valence-electron chi connectivity index (χ1n) is 16.7. The zero-order valence-corrected chi connectivity index (χ0v) is 31.2. The first-order valence-corrected chi connectivity index (χ1v) is 21.6. The van der Waals surface area contributed by atoms with Crippen LogP contribution in [0.3, 0.4) is 0 Å². The van der Waals surface area contributed by atoms with Crippen molar-refractivity contribution in [2.24, 2.45) is 5.92 Å². The van der Waals surface area contributed by atoms with E-state index in [0.717, 1.165) is 31.4 Å². The summed E-state index contributed by atoms with van der Waals surface area (Å²) in [5, 5.41) is 0. The highest BCUT2D eigenvalue weighted by atomic mass is 32.2. The van der Waals surface area contributed by atoms with Gasteiger partial charge in [0.15, 0.2) is 6.10 Å². The van der Waals surface area contributed by atoms with E-state index in [9.17, 15) is 27.3 Å². The topological polar surface area (TPSA) is 109 Å². The normalized spacial score (nSPS) is 18.9. The van der Waals surface area contributed by atoms with Gasteiger partial charge in [0.1, 0.15) is 23.3 Å². The van der Waals surface area contributed by atoms with Crippen LogP contribution in [-0.4, -0.2) is 68.6 Å².